The van der Waals surface area contributed by atoms with E-state index in [0.717, 1.165) is 28.1 Å². The van der Waals surface area contributed by atoms with Gasteiger partial charge >= 0.3 is 0 Å². The molecule has 194 valence electrons. The van der Waals surface area contributed by atoms with Crippen molar-refractivity contribution in [3.8, 4) is 40.3 Å². The Balaban J connectivity index is 1.43. The molecular formula is C28H21ClN6O4. The van der Waals surface area contributed by atoms with Crippen molar-refractivity contribution < 1.29 is 18.6 Å². The summed E-state index contributed by atoms with van der Waals surface area (Å²) in [5, 5.41) is 10.2. The van der Waals surface area contributed by atoms with Gasteiger partial charge in [0.2, 0.25) is 11.8 Å². The van der Waals surface area contributed by atoms with Crippen LogP contribution in [0.25, 0.3) is 22.7 Å². The Hall–Kier alpha value is -4.83. The molecule has 0 saturated heterocycles. The fourth-order valence-corrected chi connectivity index (χ4v) is 5.10. The number of aryl methyl sites for hydroxylation is 1. The molecule has 10 nitrogen and oxygen atoms in total. The van der Waals surface area contributed by atoms with Crippen LogP contribution in [0.15, 0.2) is 71.6 Å². The van der Waals surface area contributed by atoms with Gasteiger partial charge in [0.15, 0.2) is 23.0 Å². The molecule has 0 spiro atoms. The Morgan fingerprint density at radius 1 is 0.949 bits per heavy atom. The summed E-state index contributed by atoms with van der Waals surface area (Å²) in [7, 11) is 3.19. The monoisotopic (exact) mass is 540 g/mol. The molecule has 11 heteroatoms. The Morgan fingerprint density at radius 2 is 1.77 bits per heavy atom. The van der Waals surface area contributed by atoms with Crippen molar-refractivity contribution in [3.63, 3.8) is 0 Å². The molecule has 0 bridgehead atoms. The maximum absolute atomic E-state index is 6.43. The number of hydrogen-bond donors (Lipinski definition) is 0. The number of hydrogen-bond acceptors (Lipinski definition) is 8. The van der Waals surface area contributed by atoms with Crippen molar-refractivity contribution in [1.29, 1.82) is 0 Å². The molecule has 5 heterocycles. The largest absolute Gasteiger partial charge is 0.493 e. The van der Waals surface area contributed by atoms with E-state index in [1.165, 1.54) is 0 Å². The fraction of sp³-hybridized carbons (Fsp3) is 0.143. The van der Waals surface area contributed by atoms with Gasteiger partial charge in [0.05, 0.1) is 48.9 Å². The molecule has 2 aromatic carbocycles. The number of furan rings is 1. The molecule has 0 N–H and O–H groups in total. The number of rotatable bonds is 5. The van der Waals surface area contributed by atoms with Crippen molar-refractivity contribution in [1.82, 2.24) is 29.4 Å². The molecular weight excluding hydrogens is 520 g/mol. The number of ether oxygens (including phenoxy) is 3. The van der Waals surface area contributed by atoms with Crippen molar-refractivity contribution in [2.24, 2.45) is 0 Å². The zero-order valence-electron chi connectivity index (χ0n) is 21.1. The minimum absolute atomic E-state index is 0.376. The summed E-state index contributed by atoms with van der Waals surface area (Å²) in [5.41, 5.74) is 4.55. The summed E-state index contributed by atoms with van der Waals surface area (Å²) < 4.78 is 26.6. The number of methoxy groups -OCH3 is 2. The molecule has 1 atom stereocenters. The van der Waals surface area contributed by atoms with E-state index in [9.17, 15) is 0 Å². The van der Waals surface area contributed by atoms with Crippen LogP contribution in [-0.2, 0) is 0 Å². The SMILES string of the molecule is COc1ccc(-c2nc3c4c(ncn3n2)Oc2c(c(C)nn2-c2ccc(Cl)cc2)[C@H]4c2ccco2)cc1OC. The van der Waals surface area contributed by atoms with E-state index in [1.54, 1.807) is 36.0 Å². The molecule has 0 unspecified atom stereocenters. The lowest BCUT2D eigenvalue weighted by Crippen LogP contribution is -2.15. The first-order valence-electron chi connectivity index (χ1n) is 12.1. The molecule has 0 saturated carbocycles. The summed E-state index contributed by atoms with van der Waals surface area (Å²) in [6.45, 7) is 1.95. The Morgan fingerprint density at radius 3 is 2.51 bits per heavy atom. The highest BCUT2D eigenvalue weighted by Crippen LogP contribution is 2.50. The topological polar surface area (TPSA) is 102 Å². The van der Waals surface area contributed by atoms with Gasteiger partial charge in [0, 0.05) is 10.6 Å². The summed E-state index contributed by atoms with van der Waals surface area (Å²) >= 11 is 6.13. The van der Waals surface area contributed by atoms with E-state index >= 15 is 0 Å². The predicted molar refractivity (Wildman–Crippen MR) is 142 cm³/mol. The molecule has 0 aliphatic carbocycles. The summed E-state index contributed by atoms with van der Waals surface area (Å²) in [5.74, 6) is 3.00. The van der Waals surface area contributed by atoms with Crippen LogP contribution in [-0.4, -0.2) is 43.6 Å². The number of halogens is 1. The number of nitrogens with zero attached hydrogens (tertiary/aromatic N) is 6. The molecule has 7 rings (SSSR count). The van der Waals surface area contributed by atoms with Crippen LogP contribution in [0.1, 0.15) is 28.5 Å². The molecule has 4 aromatic heterocycles. The van der Waals surface area contributed by atoms with Crippen LogP contribution in [0.4, 0.5) is 0 Å². The summed E-state index contributed by atoms with van der Waals surface area (Å²) in [4.78, 5) is 9.54. The van der Waals surface area contributed by atoms with Gasteiger partial charge < -0.3 is 18.6 Å². The average Bonchev–Trinajstić information content (AvgIpc) is 3.71. The maximum atomic E-state index is 6.43. The predicted octanol–water partition coefficient (Wildman–Crippen LogP) is 5.83. The van der Waals surface area contributed by atoms with Crippen LogP contribution >= 0.6 is 11.6 Å². The maximum Gasteiger partial charge on any atom is 0.230 e. The van der Waals surface area contributed by atoms with Crippen molar-refractivity contribution >= 4 is 17.2 Å². The molecule has 1 aliphatic heterocycles. The highest BCUT2D eigenvalue weighted by atomic mass is 35.5. The zero-order chi connectivity index (χ0) is 26.7. The van der Waals surface area contributed by atoms with Crippen LogP contribution in [0.2, 0.25) is 5.02 Å². The van der Waals surface area contributed by atoms with Gasteiger partial charge in [-0.25, -0.2) is 19.2 Å². The Labute approximate surface area is 227 Å². The normalized spacial score (nSPS) is 14.1. The van der Waals surface area contributed by atoms with Gasteiger partial charge in [-0.15, -0.1) is 5.10 Å². The lowest BCUT2D eigenvalue weighted by atomic mass is 9.88. The van der Waals surface area contributed by atoms with Crippen LogP contribution in [0.3, 0.4) is 0 Å². The van der Waals surface area contributed by atoms with E-state index in [1.807, 2.05) is 61.5 Å². The smallest absolute Gasteiger partial charge is 0.230 e. The second-order valence-corrected chi connectivity index (χ2v) is 9.42. The highest BCUT2D eigenvalue weighted by Gasteiger charge is 2.39. The zero-order valence-corrected chi connectivity index (χ0v) is 21.9. The first kappa shape index (κ1) is 23.3. The average molecular weight is 541 g/mol. The van der Waals surface area contributed by atoms with Gasteiger partial charge in [-0.05, 0) is 61.5 Å². The van der Waals surface area contributed by atoms with Crippen LogP contribution in [0, 0.1) is 6.92 Å². The Bertz CT molecular complexity index is 1840. The van der Waals surface area contributed by atoms with Crippen LogP contribution < -0.4 is 14.2 Å². The van der Waals surface area contributed by atoms with Gasteiger partial charge in [0.25, 0.3) is 0 Å². The first-order chi connectivity index (χ1) is 19.1. The minimum Gasteiger partial charge on any atom is -0.493 e. The quantitative estimate of drug-likeness (QED) is 0.268. The van der Waals surface area contributed by atoms with Gasteiger partial charge in [-0.2, -0.15) is 5.10 Å². The second kappa shape index (κ2) is 8.88. The number of fused-ring (bicyclic) bond motifs is 4. The number of benzene rings is 2. The summed E-state index contributed by atoms with van der Waals surface area (Å²) in [6, 6.07) is 16.7. The molecule has 0 radical (unpaired) electrons. The molecule has 1 aliphatic rings. The third-order valence-corrected chi connectivity index (χ3v) is 7.01. The van der Waals surface area contributed by atoms with E-state index < -0.39 is 0 Å². The minimum atomic E-state index is -0.376. The highest BCUT2D eigenvalue weighted by molar-refractivity contribution is 6.30. The molecule has 0 fully saturated rings. The van der Waals surface area contributed by atoms with E-state index in [-0.39, 0.29) is 5.92 Å². The third-order valence-electron chi connectivity index (χ3n) is 6.76. The van der Waals surface area contributed by atoms with E-state index in [2.05, 4.69) is 4.98 Å². The molecule has 6 aromatic rings. The second-order valence-electron chi connectivity index (χ2n) is 8.98. The van der Waals surface area contributed by atoms with E-state index in [0.29, 0.717) is 45.5 Å². The van der Waals surface area contributed by atoms with Crippen molar-refractivity contribution in [3.05, 3.63) is 94.8 Å². The standard InChI is InChI=1S/C28H21ClN6O4/c1-15-22-23(20-5-4-12-38-20)24-26-31-25(16-6-11-19(36-2)21(13-16)37-3)33-34(26)14-30-27(24)39-28(22)35(32-15)18-9-7-17(29)8-10-18/h4-14,23H,1-3H3/t23-/m1/s1. The lowest BCUT2D eigenvalue weighted by Gasteiger charge is -2.24. The van der Waals surface area contributed by atoms with Crippen LogP contribution in [0.5, 0.6) is 23.3 Å². The fourth-order valence-electron chi connectivity index (χ4n) is 4.97. The number of aromatic nitrogens is 6. The lowest BCUT2D eigenvalue weighted by molar-refractivity contribution is 0.355. The third kappa shape index (κ3) is 3.63. The molecule has 0 amide bonds. The summed E-state index contributed by atoms with van der Waals surface area (Å²) in [6.07, 6.45) is 3.24. The Kier molecular flexibility index (Phi) is 5.31. The van der Waals surface area contributed by atoms with Crippen molar-refractivity contribution in [2.75, 3.05) is 14.2 Å². The van der Waals surface area contributed by atoms with Gasteiger partial charge in [-0.3, -0.25) is 0 Å². The van der Waals surface area contributed by atoms with Gasteiger partial charge in [-0.1, -0.05) is 11.6 Å². The first-order valence-corrected chi connectivity index (χ1v) is 12.5. The van der Waals surface area contributed by atoms with E-state index in [4.69, 9.17) is 45.4 Å². The molecule has 39 heavy (non-hydrogen) atoms. The van der Waals surface area contributed by atoms with Gasteiger partial charge in [0.1, 0.15) is 12.1 Å². The van der Waals surface area contributed by atoms with Crippen molar-refractivity contribution in [2.45, 2.75) is 12.8 Å².